The van der Waals surface area contributed by atoms with Gasteiger partial charge in [-0.2, -0.15) is 0 Å². The Morgan fingerprint density at radius 2 is 1.95 bits per heavy atom. The van der Waals surface area contributed by atoms with E-state index in [4.69, 9.17) is 0 Å². The number of rotatable bonds is 4. The van der Waals surface area contributed by atoms with Crippen molar-refractivity contribution in [1.29, 1.82) is 0 Å². The fourth-order valence-electron chi connectivity index (χ4n) is 1.77. The molecule has 0 fully saturated rings. The smallest absolute Gasteiger partial charge is 0.280 e. The van der Waals surface area contributed by atoms with Crippen molar-refractivity contribution in [2.45, 2.75) is 12.1 Å². The third kappa shape index (κ3) is 2.27. The molecular formula is C11H12N4O4S. The van der Waals surface area contributed by atoms with Crippen LogP contribution in [-0.2, 0) is 16.9 Å². The minimum absolute atomic E-state index is 0.115. The van der Waals surface area contributed by atoms with Crippen LogP contribution >= 0.6 is 0 Å². The van der Waals surface area contributed by atoms with Crippen molar-refractivity contribution in [1.82, 2.24) is 14.8 Å². The van der Waals surface area contributed by atoms with Crippen LogP contribution in [0.2, 0.25) is 0 Å². The molecule has 2 rings (SSSR count). The van der Waals surface area contributed by atoms with Crippen LogP contribution in [-0.4, -0.2) is 33.9 Å². The zero-order valence-electron chi connectivity index (χ0n) is 10.8. The number of sulfone groups is 1. The predicted octanol–water partition coefficient (Wildman–Crippen LogP) is 1.18. The highest BCUT2D eigenvalue weighted by molar-refractivity contribution is 7.91. The maximum Gasteiger partial charge on any atom is 0.280 e. The minimum Gasteiger partial charge on any atom is -0.301 e. The van der Waals surface area contributed by atoms with E-state index in [9.17, 15) is 18.5 Å². The minimum atomic E-state index is -3.53. The number of para-hydroxylation sites is 1. The average Bonchev–Trinajstić information content (AvgIpc) is 2.81. The highest BCUT2D eigenvalue weighted by atomic mass is 32.2. The topological polar surface area (TPSA) is 108 Å². The molecule has 0 saturated carbocycles. The fraction of sp³-hybridized carbons (Fsp3) is 0.273. The van der Waals surface area contributed by atoms with Gasteiger partial charge in [-0.05, 0) is 6.07 Å². The third-order valence-corrected chi connectivity index (χ3v) is 4.51. The van der Waals surface area contributed by atoms with Crippen LogP contribution in [0.3, 0.4) is 0 Å². The van der Waals surface area contributed by atoms with Gasteiger partial charge in [0.15, 0.2) is 5.82 Å². The number of hydrogen-bond donors (Lipinski definition) is 0. The van der Waals surface area contributed by atoms with E-state index in [-0.39, 0.29) is 28.0 Å². The van der Waals surface area contributed by atoms with Gasteiger partial charge < -0.3 is 4.57 Å². The highest BCUT2D eigenvalue weighted by Crippen LogP contribution is 2.28. The predicted molar refractivity (Wildman–Crippen MR) is 70.8 cm³/mol. The third-order valence-electron chi connectivity index (χ3n) is 2.83. The maximum atomic E-state index is 11.8. The van der Waals surface area contributed by atoms with Crippen molar-refractivity contribution in [2.24, 2.45) is 7.05 Å². The Kier molecular flexibility index (Phi) is 3.53. The van der Waals surface area contributed by atoms with Gasteiger partial charge in [-0.3, -0.25) is 10.1 Å². The molecule has 20 heavy (non-hydrogen) atoms. The van der Waals surface area contributed by atoms with E-state index in [2.05, 4.69) is 10.2 Å². The zero-order chi connectivity index (χ0) is 14.9. The largest absolute Gasteiger partial charge is 0.301 e. The van der Waals surface area contributed by atoms with E-state index in [0.29, 0.717) is 0 Å². The number of nitro groups is 1. The van der Waals surface area contributed by atoms with E-state index in [1.165, 1.54) is 36.7 Å². The van der Waals surface area contributed by atoms with Crippen LogP contribution in [0.5, 0.6) is 0 Å². The first-order valence-electron chi connectivity index (χ1n) is 5.74. The van der Waals surface area contributed by atoms with Gasteiger partial charge in [0, 0.05) is 13.1 Å². The van der Waals surface area contributed by atoms with Crippen molar-refractivity contribution in [3.63, 3.8) is 0 Å². The van der Waals surface area contributed by atoms with Crippen LogP contribution in [0, 0.1) is 10.1 Å². The molecular weight excluding hydrogens is 284 g/mol. The lowest BCUT2D eigenvalue weighted by molar-refractivity contribution is -0.384. The fourth-order valence-corrected chi connectivity index (χ4v) is 2.70. The molecule has 2 aromatic rings. The molecule has 106 valence electrons. The van der Waals surface area contributed by atoms with Gasteiger partial charge in [0.1, 0.15) is 0 Å². The van der Waals surface area contributed by atoms with Gasteiger partial charge in [-0.25, -0.2) is 8.42 Å². The number of benzene rings is 1. The van der Waals surface area contributed by atoms with Crippen LogP contribution in [0.15, 0.2) is 29.4 Å². The standard InChI is InChI=1S/C11H12N4O4S/c1-3-20(18,19)11-13-12-10(14(11)2)8-6-4-5-7-9(8)15(16)17/h4-7H,3H2,1-2H3. The molecule has 0 aliphatic rings. The Morgan fingerprint density at radius 1 is 1.30 bits per heavy atom. The molecule has 0 spiro atoms. The maximum absolute atomic E-state index is 11.8. The Labute approximate surface area is 115 Å². The second kappa shape index (κ2) is 5.00. The summed E-state index contributed by atoms with van der Waals surface area (Å²) in [5.74, 6) is 0.0277. The second-order valence-corrected chi connectivity index (χ2v) is 6.21. The van der Waals surface area contributed by atoms with Crippen LogP contribution < -0.4 is 0 Å². The van der Waals surface area contributed by atoms with Crippen molar-refractivity contribution in [3.05, 3.63) is 34.4 Å². The lowest BCUT2D eigenvalue weighted by Crippen LogP contribution is -2.11. The molecule has 0 atom stereocenters. The summed E-state index contributed by atoms with van der Waals surface area (Å²) in [6, 6.07) is 5.98. The van der Waals surface area contributed by atoms with Crippen molar-refractivity contribution in [3.8, 4) is 11.4 Å². The van der Waals surface area contributed by atoms with Crippen molar-refractivity contribution >= 4 is 15.5 Å². The molecule has 0 bridgehead atoms. The van der Waals surface area contributed by atoms with Gasteiger partial charge in [-0.15, -0.1) is 10.2 Å². The van der Waals surface area contributed by atoms with E-state index in [1.54, 1.807) is 6.07 Å². The molecule has 0 radical (unpaired) electrons. The molecule has 1 aromatic carbocycles. The second-order valence-electron chi connectivity index (χ2n) is 4.04. The van der Waals surface area contributed by atoms with E-state index >= 15 is 0 Å². The number of aromatic nitrogens is 3. The van der Waals surface area contributed by atoms with Crippen LogP contribution in [0.1, 0.15) is 6.92 Å². The number of nitrogens with zero attached hydrogens (tertiary/aromatic N) is 4. The van der Waals surface area contributed by atoms with Gasteiger partial charge in [0.05, 0.1) is 16.2 Å². The number of nitro benzene ring substituents is 1. The first-order chi connectivity index (χ1) is 9.38. The quantitative estimate of drug-likeness (QED) is 0.619. The molecule has 0 unspecified atom stereocenters. The van der Waals surface area contributed by atoms with E-state index in [0.717, 1.165) is 0 Å². The lowest BCUT2D eigenvalue weighted by Gasteiger charge is -2.04. The molecule has 0 aliphatic heterocycles. The Hall–Kier alpha value is -2.29. The highest BCUT2D eigenvalue weighted by Gasteiger charge is 2.25. The van der Waals surface area contributed by atoms with Gasteiger partial charge in [-0.1, -0.05) is 19.1 Å². The lowest BCUT2D eigenvalue weighted by atomic mass is 10.1. The molecule has 1 aromatic heterocycles. The summed E-state index contributed by atoms with van der Waals surface area (Å²) in [6.07, 6.45) is 0. The normalized spacial score (nSPS) is 11.5. The van der Waals surface area contributed by atoms with Crippen LogP contribution in [0.25, 0.3) is 11.4 Å². The summed E-state index contributed by atoms with van der Waals surface area (Å²) in [6.45, 7) is 1.49. The Balaban J connectivity index is 2.65. The summed E-state index contributed by atoms with van der Waals surface area (Å²) in [4.78, 5) is 10.5. The van der Waals surface area contributed by atoms with E-state index in [1.807, 2.05) is 0 Å². The Bertz CT molecular complexity index is 766. The summed E-state index contributed by atoms with van der Waals surface area (Å²) in [7, 11) is -2.06. The summed E-state index contributed by atoms with van der Waals surface area (Å²) < 4.78 is 24.9. The first kappa shape index (κ1) is 14.1. The average molecular weight is 296 g/mol. The van der Waals surface area contributed by atoms with Crippen molar-refractivity contribution < 1.29 is 13.3 Å². The Morgan fingerprint density at radius 3 is 2.55 bits per heavy atom. The summed E-state index contributed by atoms with van der Waals surface area (Å²) in [5, 5.41) is 18.2. The molecule has 0 saturated heterocycles. The zero-order valence-corrected chi connectivity index (χ0v) is 11.7. The SMILES string of the molecule is CCS(=O)(=O)c1nnc(-c2ccccc2[N+](=O)[O-])n1C. The number of hydrogen-bond acceptors (Lipinski definition) is 6. The first-order valence-corrected chi connectivity index (χ1v) is 7.39. The molecule has 0 N–H and O–H groups in total. The summed E-state index contributed by atoms with van der Waals surface area (Å²) in [5.41, 5.74) is 0.0773. The molecule has 0 amide bonds. The van der Waals surface area contributed by atoms with Gasteiger partial charge in [0.25, 0.3) is 5.69 Å². The van der Waals surface area contributed by atoms with Gasteiger partial charge >= 0.3 is 0 Å². The molecule has 0 aliphatic carbocycles. The van der Waals surface area contributed by atoms with Crippen molar-refractivity contribution in [2.75, 3.05) is 5.75 Å². The van der Waals surface area contributed by atoms with Crippen LogP contribution in [0.4, 0.5) is 5.69 Å². The summed E-state index contributed by atoms with van der Waals surface area (Å²) >= 11 is 0. The molecule has 1 heterocycles. The monoisotopic (exact) mass is 296 g/mol. The van der Waals surface area contributed by atoms with Gasteiger partial charge in [0.2, 0.25) is 15.0 Å². The molecule has 8 nitrogen and oxygen atoms in total. The van der Waals surface area contributed by atoms with E-state index < -0.39 is 14.8 Å². The molecule has 9 heteroatoms.